The van der Waals surface area contributed by atoms with Crippen LogP contribution in [0.25, 0.3) is 0 Å². The van der Waals surface area contributed by atoms with E-state index in [9.17, 15) is 0 Å². The molecule has 1 saturated carbocycles. The summed E-state index contributed by atoms with van der Waals surface area (Å²) >= 11 is 0. The fraction of sp³-hybridized carbons (Fsp3) is 0.381. The molecule has 2 N–H and O–H groups in total. The van der Waals surface area contributed by atoms with E-state index in [-0.39, 0.29) is 6.79 Å². The van der Waals surface area contributed by atoms with Gasteiger partial charge in [0.25, 0.3) is 0 Å². The monoisotopic (exact) mass is 367 g/mol. The van der Waals surface area contributed by atoms with Crippen LogP contribution in [0.4, 0.5) is 0 Å². The molecule has 0 radical (unpaired) electrons. The van der Waals surface area contributed by atoms with Gasteiger partial charge in [-0.05, 0) is 42.5 Å². The molecule has 1 fully saturated rings. The van der Waals surface area contributed by atoms with E-state index < -0.39 is 0 Å². The number of fused-ring (bicyclic) bond motifs is 1. The van der Waals surface area contributed by atoms with E-state index in [4.69, 9.17) is 14.2 Å². The van der Waals surface area contributed by atoms with Gasteiger partial charge in [-0.15, -0.1) is 0 Å². The van der Waals surface area contributed by atoms with E-state index in [0.717, 1.165) is 46.9 Å². The van der Waals surface area contributed by atoms with Crippen molar-refractivity contribution in [1.82, 2.24) is 10.6 Å². The van der Waals surface area contributed by atoms with E-state index in [1.54, 1.807) is 7.05 Å². The van der Waals surface area contributed by atoms with Gasteiger partial charge >= 0.3 is 0 Å². The SMILES string of the molecule is CN=C(NCc1ccc2c(c1)OCO2)NCc1ccccc1OCC1CC1. The second-order valence-electron chi connectivity index (χ2n) is 6.83. The summed E-state index contributed by atoms with van der Waals surface area (Å²) in [7, 11) is 1.77. The zero-order valence-electron chi connectivity index (χ0n) is 15.5. The van der Waals surface area contributed by atoms with Crippen LogP contribution in [0, 0.1) is 5.92 Å². The van der Waals surface area contributed by atoms with Gasteiger partial charge < -0.3 is 24.8 Å². The van der Waals surface area contributed by atoms with Crippen molar-refractivity contribution < 1.29 is 14.2 Å². The van der Waals surface area contributed by atoms with Crippen LogP contribution in [0.3, 0.4) is 0 Å². The van der Waals surface area contributed by atoms with Crippen LogP contribution >= 0.6 is 0 Å². The normalized spacial score (nSPS) is 15.5. The number of ether oxygens (including phenoxy) is 3. The van der Waals surface area contributed by atoms with Crippen LogP contribution in [0.1, 0.15) is 24.0 Å². The van der Waals surface area contributed by atoms with Gasteiger partial charge in [-0.2, -0.15) is 0 Å². The standard InChI is InChI=1S/C21H25N3O3/c1-22-21(23-11-16-8-9-19-20(10-16)27-14-26-19)24-12-17-4-2-3-5-18(17)25-13-15-6-7-15/h2-5,8-10,15H,6-7,11-14H2,1H3,(H2,22,23,24). The van der Waals surface area contributed by atoms with Crippen molar-refractivity contribution in [2.45, 2.75) is 25.9 Å². The summed E-state index contributed by atoms with van der Waals surface area (Å²) in [4.78, 5) is 4.30. The molecular weight excluding hydrogens is 342 g/mol. The van der Waals surface area contributed by atoms with Crippen molar-refractivity contribution in [1.29, 1.82) is 0 Å². The lowest BCUT2D eigenvalue weighted by Crippen LogP contribution is -2.36. The summed E-state index contributed by atoms with van der Waals surface area (Å²) in [5.74, 6) is 4.01. The number of guanidine groups is 1. The van der Waals surface area contributed by atoms with E-state index in [1.165, 1.54) is 12.8 Å². The van der Waals surface area contributed by atoms with Gasteiger partial charge in [-0.3, -0.25) is 4.99 Å². The average Bonchev–Trinajstić information content (AvgIpc) is 3.42. The summed E-state index contributed by atoms with van der Waals surface area (Å²) in [5, 5.41) is 6.68. The van der Waals surface area contributed by atoms with Gasteiger partial charge in [0.1, 0.15) is 5.75 Å². The Hall–Kier alpha value is -2.89. The van der Waals surface area contributed by atoms with Crippen molar-refractivity contribution >= 4 is 5.96 Å². The molecule has 27 heavy (non-hydrogen) atoms. The second-order valence-corrected chi connectivity index (χ2v) is 6.83. The number of nitrogens with zero attached hydrogens (tertiary/aromatic N) is 1. The molecule has 2 aromatic rings. The molecular formula is C21H25N3O3. The first-order valence-corrected chi connectivity index (χ1v) is 9.35. The molecule has 1 aliphatic heterocycles. The van der Waals surface area contributed by atoms with Crippen molar-refractivity contribution in [3.05, 3.63) is 53.6 Å². The predicted octanol–water partition coefficient (Wildman–Crippen LogP) is 3.07. The Labute approximate surface area is 159 Å². The highest BCUT2D eigenvalue weighted by molar-refractivity contribution is 5.79. The Balaban J connectivity index is 1.30. The number of rotatable bonds is 7. The molecule has 0 amide bonds. The summed E-state index contributed by atoms with van der Waals surface area (Å²) in [6.07, 6.45) is 2.58. The number of aliphatic imine (C=N–C) groups is 1. The highest BCUT2D eigenvalue weighted by atomic mass is 16.7. The number of hydrogen-bond donors (Lipinski definition) is 2. The third-order valence-corrected chi connectivity index (χ3v) is 4.71. The molecule has 6 heteroatoms. The molecule has 2 aliphatic rings. The molecule has 6 nitrogen and oxygen atoms in total. The lowest BCUT2D eigenvalue weighted by atomic mass is 10.2. The van der Waals surface area contributed by atoms with Gasteiger partial charge in [-0.25, -0.2) is 0 Å². The quantitative estimate of drug-likeness (QED) is 0.582. The molecule has 0 aromatic heterocycles. The maximum Gasteiger partial charge on any atom is 0.231 e. The first-order chi connectivity index (χ1) is 13.3. The first kappa shape index (κ1) is 17.5. The van der Waals surface area contributed by atoms with Crippen LogP contribution in [0.15, 0.2) is 47.5 Å². The molecule has 0 unspecified atom stereocenters. The second kappa shape index (κ2) is 8.20. The summed E-state index contributed by atoms with van der Waals surface area (Å²) < 4.78 is 16.7. The summed E-state index contributed by atoms with van der Waals surface area (Å²) in [5.41, 5.74) is 2.24. The number of benzene rings is 2. The third kappa shape index (κ3) is 4.64. The van der Waals surface area contributed by atoms with Crippen molar-refractivity contribution in [2.24, 2.45) is 10.9 Å². The molecule has 142 valence electrons. The maximum atomic E-state index is 5.97. The predicted molar refractivity (Wildman–Crippen MR) is 104 cm³/mol. The fourth-order valence-electron chi connectivity index (χ4n) is 2.92. The molecule has 0 atom stereocenters. The Bertz CT molecular complexity index is 818. The maximum absolute atomic E-state index is 5.97. The largest absolute Gasteiger partial charge is 0.493 e. The van der Waals surface area contributed by atoms with Crippen molar-refractivity contribution in [3.8, 4) is 17.2 Å². The molecule has 0 bridgehead atoms. The summed E-state index contributed by atoms with van der Waals surface area (Å²) in [6.45, 7) is 2.41. The van der Waals surface area contributed by atoms with E-state index in [1.807, 2.05) is 36.4 Å². The van der Waals surface area contributed by atoms with E-state index in [0.29, 0.717) is 13.1 Å². The molecule has 1 aliphatic carbocycles. The van der Waals surface area contributed by atoms with Crippen molar-refractivity contribution in [3.63, 3.8) is 0 Å². The smallest absolute Gasteiger partial charge is 0.231 e. The highest BCUT2D eigenvalue weighted by Gasteiger charge is 2.22. The highest BCUT2D eigenvalue weighted by Crippen LogP contribution is 2.32. The minimum atomic E-state index is 0.289. The zero-order valence-corrected chi connectivity index (χ0v) is 15.5. The fourth-order valence-corrected chi connectivity index (χ4v) is 2.92. The van der Waals surface area contributed by atoms with Crippen LogP contribution in [0.5, 0.6) is 17.2 Å². The summed E-state index contributed by atoms with van der Waals surface area (Å²) in [6, 6.07) is 14.1. The first-order valence-electron chi connectivity index (χ1n) is 9.35. The van der Waals surface area contributed by atoms with E-state index >= 15 is 0 Å². The van der Waals surface area contributed by atoms with Gasteiger partial charge in [0.15, 0.2) is 17.5 Å². The lowest BCUT2D eigenvalue weighted by molar-refractivity contribution is 0.174. The van der Waals surface area contributed by atoms with Gasteiger partial charge in [0, 0.05) is 25.7 Å². The lowest BCUT2D eigenvalue weighted by Gasteiger charge is -2.15. The van der Waals surface area contributed by atoms with Gasteiger partial charge in [0.2, 0.25) is 6.79 Å². The van der Waals surface area contributed by atoms with Gasteiger partial charge in [0.05, 0.1) is 6.61 Å². The Morgan fingerprint density at radius 3 is 2.74 bits per heavy atom. The number of hydrogen-bond acceptors (Lipinski definition) is 4. The number of para-hydroxylation sites is 1. The van der Waals surface area contributed by atoms with Crippen molar-refractivity contribution in [2.75, 3.05) is 20.4 Å². The minimum absolute atomic E-state index is 0.289. The average molecular weight is 367 g/mol. The third-order valence-electron chi connectivity index (χ3n) is 4.71. The Kier molecular flexibility index (Phi) is 5.32. The topological polar surface area (TPSA) is 64.1 Å². The molecule has 4 rings (SSSR count). The zero-order chi connectivity index (χ0) is 18.5. The van der Waals surface area contributed by atoms with Crippen LogP contribution in [-0.2, 0) is 13.1 Å². The van der Waals surface area contributed by atoms with Crippen LogP contribution in [0.2, 0.25) is 0 Å². The number of nitrogens with one attached hydrogen (secondary N) is 2. The molecule has 0 spiro atoms. The molecule has 1 heterocycles. The van der Waals surface area contributed by atoms with Crippen LogP contribution in [-0.4, -0.2) is 26.4 Å². The molecule has 0 saturated heterocycles. The minimum Gasteiger partial charge on any atom is -0.493 e. The Morgan fingerprint density at radius 1 is 1.07 bits per heavy atom. The van der Waals surface area contributed by atoms with E-state index in [2.05, 4.69) is 21.7 Å². The molecule has 2 aromatic carbocycles. The van der Waals surface area contributed by atoms with Crippen LogP contribution < -0.4 is 24.8 Å². The van der Waals surface area contributed by atoms with Gasteiger partial charge in [-0.1, -0.05) is 24.3 Å². The Morgan fingerprint density at radius 2 is 1.89 bits per heavy atom.